The molecule has 0 saturated carbocycles. The summed E-state index contributed by atoms with van der Waals surface area (Å²) in [5, 5.41) is 43.5. The molecule has 0 rings (SSSR count). The fourth-order valence-corrected chi connectivity index (χ4v) is 6.20. The van der Waals surface area contributed by atoms with Gasteiger partial charge in [-0.05, 0) is 64.2 Å². The molecule has 0 radical (unpaired) electrons. The maximum atomic E-state index is 12.5. The molecule has 0 spiro atoms. The number of hydrogen-bond donors (Lipinski definition) is 5. The maximum Gasteiger partial charge on any atom is 0.249 e. The summed E-state index contributed by atoms with van der Waals surface area (Å²) < 4.78 is 0. The highest BCUT2D eigenvalue weighted by atomic mass is 16.3. The number of aliphatic hydroxyl groups is 4. The molecule has 1 amide bonds. The minimum absolute atomic E-state index is 0.360. The number of aliphatic hydroxyl groups excluding tert-OH is 4. The van der Waals surface area contributed by atoms with Gasteiger partial charge in [-0.2, -0.15) is 0 Å². The van der Waals surface area contributed by atoms with Gasteiger partial charge < -0.3 is 25.7 Å². The molecule has 5 N–H and O–H groups in total. The van der Waals surface area contributed by atoms with Crippen LogP contribution in [0.2, 0.25) is 0 Å². The zero-order chi connectivity index (χ0) is 36.0. The van der Waals surface area contributed by atoms with Gasteiger partial charge >= 0.3 is 0 Å². The second-order valence-electron chi connectivity index (χ2n) is 14.3. The Labute approximate surface area is 303 Å². The molecule has 288 valence electrons. The van der Waals surface area contributed by atoms with Crippen molar-refractivity contribution < 1.29 is 25.2 Å². The Bertz CT molecular complexity index is 782. The SMILES string of the molecule is CCCCCCCCC/C=C/CC/C=C/CC/C=C/CCCC(O)C(O)C(CO)NC(=O)C(O)CCCCCCCCCCCCCCC. The van der Waals surface area contributed by atoms with Crippen LogP contribution in [0.4, 0.5) is 0 Å². The lowest BCUT2D eigenvalue weighted by molar-refractivity contribution is -0.132. The lowest BCUT2D eigenvalue weighted by Crippen LogP contribution is -2.53. The minimum atomic E-state index is -1.29. The van der Waals surface area contributed by atoms with Crippen LogP contribution in [0.1, 0.15) is 200 Å². The quantitative estimate of drug-likeness (QED) is 0.0329. The monoisotopic (exact) mass is 692 g/mol. The summed E-state index contributed by atoms with van der Waals surface area (Å²) in [7, 11) is 0. The van der Waals surface area contributed by atoms with E-state index in [0.717, 1.165) is 51.4 Å². The van der Waals surface area contributed by atoms with Gasteiger partial charge in [-0.1, -0.05) is 172 Å². The van der Waals surface area contributed by atoms with Gasteiger partial charge in [-0.25, -0.2) is 0 Å². The lowest BCUT2D eigenvalue weighted by Gasteiger charge is -2.27. The molecule has 4 atom stereocenters. The molecule has 0 bridgehead atoms. The smallest absolute Gasteiger partial charge is 0.249 e. The van der Waals surface area contributed by atoms with Crippen LogP contribution in [0.25, 0.3) is 0 Å². The van der Waals surface area contributed by atoms with Crippen molar-refractivity contribution in [2.45, 2.75) is 224 Å². The van der Waals surface area contributed by atoms with Gasteiger partial charge in [0.15, 0.2) is 0 Å². The number of carbonyl (C=O) groups excluding carboxylic acids is 1. The number of rotatable bonds is 37. The van der Waals surface area contributed by atoms with E-state index in [4.69, 9.17) is 0 Å². The number of carbonyl (C=O) groups is 1. The van der Waals surface area contributed by atoms with Crippen molar-refractivity contribution in [3.63, 3.8) is 0 Å². The third-order valence-electron chi connectivity index (χ3n) is 9.56. The van der Waals surface area contributed by atoms with E-state index >= 15 is 0 Å². The molecule has 0 saturated heterocycles. The Kier molecular flexibility index (Phi) is 36.6. The van der Waals surface area contributed by atoms with Gasteiger partial charge in [-0.15, -0.1) is 0 Å². The summed E-state index contributed by atoms with van der Waals surface area (Å²) in [4.78, 5) is 12.5. The van der Waals surface area contributed by atoms with Crippen LogP contribution >= 0.6 is 0 Å². The molecule has 6 heteroatoms. The average Bonchev–Trinajstić information content (AvgIpc) is 3.11. The van der Waals surface area contributed by atoms with Crippen molar-refractivity contribution >= 4 is 5.91 Å². The molecule has 0 aromatic carbocycles. The zero-order valence-electron chi connectivity index (χ0n) is 32.2. The fraction of sp³-hybridized carbons (Fsp3) is 0.837. The van der Waals surface area contributed by atoms with Crippen molar-refractivity contribution in [3.8, 4) is 0 Å². The zero-order valence-corrected chi connectivity index (χ0v) is 32.2. The van der Waals surface area contributed by atoms with Gasteiger partial charge in [0.05, 0.1) is 18.8 Å². The summed E-state index contributed by atoms with van der Waals surface area (Å²) in [5.74, 6) is -0.600. The molecule has 0 fully saturated rings. The highest BCUT2D eigenvalue weighted by Gasteiger charge is 2.28. The van der Waals surface area contributed by atoms with Crippen molar-refractivity contribution in [2.24, 2.45) is 0 Å². The van der Waals surface area contributed by atoms with Crippen molar-refractivity contribution in [3.05, 3.63) is 36.5 Å². The Hall–Kier alpha value is -1.47. The maximum absolute atomic E-state index is 12.5. The number of nitrogens with one attached hydrogen (secondary N) is 1. The normalized spacial score (nSPS) is 14.7. The molecular formula is C43H81NO5. The first kappa shape index (κ1) is 47.5. The topological polar surface area (TPSA) is 110 Å². The third-order valence-corrected chi connectivity index (χ3v) is 9.56. The Morgan fingerprint density at radius 2 is 0.857 bits per heavy atom. The molecule has 0 aromatic rings. The number of allylic oxidation sites excluding steroid dienone is 6. The third kappa shape index (κ3) is 32.2. The van der Waals surface area contributed by atoms with Gasteiger partial charge in [0.1, 0.15) is 12.2 Å². The van der Waals surface area contributed by atoms with Crippen LogP contribution in [0.3, 0.4) is 0 Å². The highest BCUT2D eigenvalue weighted by Crippen LogP contribution is 2.15. The first-order valence-corrected chi connectivity index (χ1v) is 20.9. The Morgan fingerprint density at radius 3 is 1.29 bits per heavy atom. The van der Waals surface area contributed by atoms with E-state index in [9.17, 15) is 25.2 Å². The first-order valence-electron chi connectivity index (χ1n) is 20.9. The standard InChI is InChI=1S/C43H81NO5/c1-3-5-7-9-11-13-15-17-18-19-20-21-22-23-25-26-28-30-32-34-36-40(46)42(48)39(38-45)44-43(49)41(47)37-35-33-31-29-27-24-16-14-12-10-8-6-4-2/h18-19,22-23,28,30,39-42,45-48H,3-17,20-21,24-27,29,31-38H2,1-2H3,(H,44,49)/b19-18+,23-22+,30-28+. The first-order chi connectivity index (χ1) is 24.0. The second kappa shape index (κ2) is 37.8. The predicted octanol–water partition coefficient (Wildman–Crippen LogP) is 10.6. The Morgan fingerprint density at radius 1 is 0.490 bits per heavy atom. The van der Waals surface area contributed by atoms with Crippen LogP contribution in [0.15, 0.2) is 36.5 Å². The molecule has 0 aliphatic rings. The molecule has 0 aliphatic carbocycles. The van der Waals surface area contributed by atoms with Crippen LogP contribution in [0, 0.1) is 0 Å². The molecule has 6 nitrogen and oxygen atoms in total. The van der Waals surface area contributed by atoms with E-state index in [2.05, 4.69) is 55.6 Å². The van der Waals surface area contributed by atoms with Crippen LogP contribution in [-0.2, 0) is 4.79 Å². The average molecular weight is 692 g/mol. The van der Waals surface area contributed by atoms with E-state index < -0.39 is 36.9 Å². The van der Waals surface area contributed by atoms with E-state index in [0.29, 0.717) is 19.3 Å². The van der Waals surface area contributed by atoms with E-state index in [1.54, 1.807) is 0 Å². The van der Waals surface area contributed by atoms with Crippen LogP contribution < -0.4 is 5.32 Å². The van der Waals surface area contributed by atoms with Gasteiger partial charge in [0.25, 0.3) is 0 Å². The van der Waals surface area contributed by atoms with Crippen LogP contribution in [0.5, 0.6) is 0 Å². The summed E-state index contributed by atoms with van der Waals surface area (Å²) >= 11 is 0. The molecule has 4 unspecified atom stereocenters. The van der Waals surface area contributed by atoms with Crippen molar-refractivity contribution in [1.82, 2.24) is 5.32 Å². The molecule has 0 heterocycles. The van der Waals surface area contributed by atoms with Crippen molar-refractivity contribution in [1.29, 1.82) is 0 Å². The summed E-state index contributed by atoms with van der Waals surface area (Å²) in [6.07, 6.45) is 43.1. The van der Waals surface area contributed by atoms with E-state index in [1.165, 1.54) is 116 Å². The molecular weight excluding hydrogens is 610 g/mol. The molecule has 49 heavy (non-hydrogen) atoms. The van der Waals surface area contributed by atoms with Gasteiger partial charge in [0, 0.05) is 0 Å². The number of unbranched alkanes of at least 4 members (excludes halogenated alkanes) is 22. The predicted molar refractivity (Wildman–Crippen MR) is 210 cm³/mol. The second-order valence-corrected chi connectivity index (χ2v) is 14.3. The fourth-order valence-electron chi connectivity index (χ4n) is 6.20. The Balaban J connectivity index is 3.85. The van der Waals surface area contributed by atoms with Gasteiger partial charge in [-0.3, -0.25) is 4.79 Å². The van der Waals surface area contributed by atoms with Crippen molar-refractivity contribution in [2.75, 3.05) is 6.61 Å². The van der Waals surface area contributed by atoms with Gasteiger partial charge in [0.2, 0.25) is 5.91 Å². The number of hydrogen-bond acceptors (Lipinski definition) is 5. The molecule has 0 aromatic heterocycles. The highest BCUT2D eigenvalue weighted by molar-refractivity contribution is 5.80. The summed E-state index contributed by atoms with van der Waals surface area (Å²) in [5.41, 5.74) is 0. The minimum Gasteiger partial charge on any atom is -0.394 e. The lowest BCUT2D eigenvalue weighted by atomic mass is 10.00. The van der Waals surface area contributed by atoms with E-state index in [-0.39, 0.29) is 0 Å². The van der Waals surface area contributed by atoms with Crippen LogP contribution in [-0.4, -0.2) is 57.3 Å². The van der Waals surface area contributed by atoms with E-state index in [1.807, 2.05) is 0 Å². The summed E-state index contributed by atoms with van der Waals surface area (Å²) in [6, 6.07) is -1.01. The summed E-state index contributed by atoms with van der Waals surface area (Å²) in [6.45, 7) is 4.01. The largest absolute Gasteiger partial charge is 0.394 e. The number of amides is 1. The molecule has 0 aliphatic heterocycles.